The predicted molar refractivity (Wildman–Crippen MR) is 51.1 cm³/mol. The van der Waals surface area contributed by atoms with Crippen molar-refractivity contribution in [2.45, 2.75) is 12.8 Å². The highest BCUT2D eigenvalue weighted by atomic mass is 35.5. The Kier molecular flexibility index (Phi) is 2.51. The number of rotatable bonds is 3. The second-order valence-electron chi connectivity index (χ2n) is 3.04. The van der Waals surface area contributed by atoms with Crippen molar-refractivity contribution in [2.75, 3.05) is 11.9 Å². The average Bonchev–Trinajstić information content (AvgIpc) is 2.90. The SMILES string of the molecule is Clc1nnc(Cl)c(NCC2CC2)n1. The van der Waals surface area contributed by atoms with Crippen molar-refractivity contribution in [1.82, 2.24) is 15.2 Å². The van der Waals surface area contributed by atoms with E-state index in [1.807, 2.05) is 0 Å². The molecule has 1 aliphatic rings. The molecule has 6 heteroatoms. The van der Waals surface area contributed by atoms with Gasteiger partial charge in [0.2, 0.25) is 5.28 Å². The van der Waals surface area contributed by atoms with Gasteiger partial charge in [-0.15, -0.1) is 10.2 Å². The summed E-state index contributed by atoms with van der Waals surface area (Å²) in [6.45, 7) is 0.884. The van der Waals surface area contributed by atoms with Crippen molar-refractivity contribution in [3.8, 4) is 0 Å². The number of hydrogen-bond donors (Lipinski definition) is 1. The zero-order valence-corrected chi connectivity index (χ0v) is 8.31. The Morgan fingerprint density at radius 2 is 2.08 bits per heavy atom. The summed E-state index contributed by atoms with van der Waals surface area (Å²) in [5.74, 6) is 1.28. The van der Waals surface area contributed by atoms with Gasteiger partial charge >= 0.3 is 0 Å². The van der Waals surface area contributed by atoms with Crippen molar-refractivity contribution in [2.24, 2.45) is 5.92 Å². The van der Waals surface area contributed by atoms with E-state index < -0.39 is 0 Å². The summed E-state index contributed by atoms with van der Waals surface area (Å²) >= 11 is 11.3. The molecular weight excluding hydrogens is 211 g/mol. The molecule has 0 amide bonds. The Hall–Kier alpha value is -0.610. The van der Waals surface area contributed by atoms with Crippen molar-refractivity contribution < 1.29 is 0 Å². The minimum Gasteiger partial charge on any atom is -0.367 e. The van der Waals surface area contributed by atoms with Crippen LogP contribution in [0.15, 0.2) is 0 Å². The first-order valence-corrected chi connectivity index (χ1v) is 4.81. The molecule has 0 saturated heterocycles. The molecule has 0 aliphatic heterocycles. The van der Waals surface area contributed by atoms with E-state index in [1.165, 1.54) is 12.8 Å². The van der Waals surface area contributed by atoms with Gasteiger partial charge in [0.05, 0.1) is 0 Å². The minimum atomic E-state index is 0.114. The van der Waals surface area contributed by atoms with Gasteiger partial charge in [-0.25, -0.2) is 0 Å². The molecule has 1 fully saturated rings. The molecule has 70 valence electrons. The van der Waals surface area contributed by atoms with Gasteiger partial charge in [-0.3, -0.25) is 0 Å². The molecule has 1 saturated carbocycles. The molecular formula is C7H8Cl2N4. The molecule has 1 aliphatic carbocycles. The number of nitrogens with zero attached hydrogens (tertiary/aromatic N) is 3. The predicted octanol–water partition coefficient (Wildman–Crippen LogP) is 2.00. The van der Waals surface area contributed by atoms with E-state index in [0.717, 1.165) is 12.5 Å². The summed E-state index contributed by atoms with van der Waals surface area (Å²) in [6, 6.07) is 0. The lowest BCUT2D eigenvalue weighted by atomic mass is 10.4. The molecule has 2 rings (SSSR count). The smallest absolute Gasteiger partial charge is 0.245 e. The number of anilines is 1. The van der Waals surface area contributed by atoms with E-state index in [1.54, 1.807) is 0 Å². The van der Waals surface area contributed by atoms with Crippen LogP contribution in [0.1, 0.15) is 12.8 Å². The topological polar surface area (TPSA) is 50.7 Å². The first-order valence-electron chi connectivity index (χ1n) is 4.05. The van der Waals surface area contributed by atoms with Crippen LogP contribution in [0.2, 0.25) is 10.4 Å². The van der Waals surface area contributed by atoms with Crippen LogP contribution in [0.4, 0.5) is 5.82 Å². The Labute approximate surface area is 85.7 Å². The summed E-state index contributed by atoms with van der Waals surface area (Å²) < 4.78 is 0. The van der Waals surface area contributed by atoms with E-state index in [9.17, 15) is 0 Å². The van der Waals surface area contributed by atoms with Crippen LogP contribution in [0.5, 0.6) is 0 Å². The molecule has 1 aromatic rings. The van der Waals surface area contributed by atoms with Crippen molar-refractivity contribution in [1.29, 1.82) is 0 Å². The Morgan fingerprint density at radius 1 is 1.31 bits per heavy atom. The third-order valence-electron chi connectivity index (χ3n) is 1.87. The second kappa shape index (κ2) is 3.64. The lowest BCUT2D eigenvalue weighted by molar-refractivity contribution is 0.871. The van der Waals surface area contributed by atoms with Gasteiger partial charge in [0.25, 0.3) is 0 Å². The number of nitrogens with one attached hydrogen (secondary N) is 1. The van der Waals surface area contributed by atoms with Gasteiger partial charge in [0.15, 0.2) is 11.0 Å². The average molecular weight is 219 g/mol. The molecule has 0 spiro atoms. The van der Waals surface area contributed by atoms with Crippen LogP contribution < -0.4 is 5.32 Å². The maximum atomic E-state index is 5.74. The van der Waals surface area contributed by atoms with Crippen LogP contribution >= 0.6 is 23.2 Å². The summed E-state index contributed by atoms with van der Waals surface area (Å²) in [5, 5.41) is 10.6. The third-order valence-corrected chi connectivity index (χ3v) is 2.29. The van der Waals surface area contributed by atoms with Crippen molar-refractivity contribution in [3.05, 3.63) is 10.4 Å². The highest BCUT2D eigenvalue weighted by Gasteiger charge is 2.21. The zero-order valence-electron chi connectivity index (χ0n) is 6.80. The molecule has 0 radical (unpaired) electrons. The van der Waals surface area contributed by atoms with Crippen molar-refractivity contribution in [3.63, 3.8) is 0 Å². The van der Waals surface area contributed by atoms with Gasteiger partial charge in [0, 0.05) is 6.54 Å². The molecule has 0 bridgehead atoms. The molecule has 1 N–H and O–H groups in total. The van der Waals surface area contributed by atoms with Crippen LogP contribution in [-0.2, 0) is 0 Å². The van der Waals surface area contributed by atoms with E-state index in [0.29, 0.717) is 5.82 Å². The fraction of sp³-hybridized carbons (Fsp3) is 0.571. The molecule has 4 nitrogen and oxygen atoms in total. The summed E-state index contributed by atoms with van der Waals surface area (Å²) in [6.07, 6.45) is 2.55. The maximum Gasteiger partial charge on any atom is 0.245 e. The summed E-state index contributed by atoms with van der Waals surface area (Å²) in [4.78, 5) is 3.92. The highest BCUT2D eigenvalue weighted by molar-refractivity contribution is 6.32. The Balaban J connectivity index is 2.03. The van der Waals surface area contributed by atoms with E-state index in [-0.39, 0.29) is 10.4 Å². The quantitative estimate of drug-likeness (QED) is 0.844. The van der Waals surface area contributed by atoms with Crippen LogP contribution in [0.25, 0.3) is 0 Å². The number of aromatic nitrogens is 3. The largest absolute Gasteiger partial charge is 0.367 e. The number of hydrogen-bond acceptors (Lipinski definition) is 4. The summed E-state index contributed by atoms with van der Waals surface area (Å²) in [5.41, 5.74) is 0. The molecule has 0 unspecified atom stereocenters. The van der Waals surface area contributed by atoms with E-state index >= 15 is 0 Å². The molecule has 0 atom stereocenters. The lowest BCUT2D eigenvalue weighted by Crippen LogP contribution is -2.07. The Bertz CT molecular complexity index is 313. The Morgan fingerprint density at radius 3 is 2.77 bits per heavy atom. The molecule has 0 aromatic carbocycles. The van der Waals surface area contributed by atoms with Gasteiger partial charge in [-0.1, -0.05) is 11.6 Å². The fourth-order valence-electron chi connectivity index (χ4n) is 0.969. The number of halogens is 2. The molecule has 13 heavy (non-hydrogen) atoms. The first kappa shape index (κ1) is 8.97. The van der Waals surface area contributed by atoms with Gasteiger partial charge < -0.3 is 5.32 Å². The summed E-state index contributed by atoms with van der Waals surface area (Å²) in [7, 11) is 0. The fourth-order valence-corrected chi connectivity index (χ4v) is 1.24. The van der Waals surface area contributed by atoms with Crippen molar-refractivity contribution >= 4 is 29.0 Å². The molecule has 1 heterocycles. The van der Waals surface area contributed by atoms with Crippen LogP contribution in [-0.4, -0.2) is 21.7 Å². The van der Waals surface area contributed by atoms with Crippen LogP contribution in [0, 0.1) is 5.92 Å². The maximum absolute atomic E-state index is 5.74. The highest BCUT2D eigenvalue weighted by Crippen LogP contribution is 2.29. The first-order chi connectivity index (χ1) is 6.25. The van der Waals surface area contributed by atoms with E-state index in [4.69, 9.17) is 23.2 Å². The molecule has 1 aromatic heterocycles. The monoisotopic (exact) mass is 218 g/mol. The van der Waals surface area contributed by atoms with Gasteiger partial charge in [0.1, 0.15) is 0 Å². The third kappa shape index (κ3) is 2.42. The lowest BCUT2D eigenvalue weighted by Gasteiger charge is -2.04. The van der Waals surface area contributed by atoms with Crippen LogP contribution in [0.3, 0.4) is 0 Å². The minimum absolute atomic E-state index is 0.114. The second-order valence-corrected chi connectivity index (χ2v) is 3.74. The zero-order chi connectivity index (χ0) is 9.26. The standard InChI is InChI=1S/C7H8Cl2N4/c8-5-6(10-3-4-1-2-4)11-7(9)13-12-5/h4H,1-3H2,(H,10,11,13). The van der Waals surface area contributed by atoms with E-state index in [2.05, 4.69) is 20.5 Å². The van der Waals surface area contributed by atoms with Gasteiger partial charge in [-0.2, -0.15) is 4.98 Å². The normalized spacial score (nSPS) is 15.8. The van der Waals surface area contributed by atoms with Gasteiger partial charge in [-0.05, 0) is 30.4 Å².